The molecule has 1 heterocycles. The number of nitrogens with zero attached hydrogens (tertiary/aromatic N) is 2. The first-order chi connectivity index (χ1) is 15.9. The van der Waals surface area contributed by atoms with E-state index in [-0.39, 0.29) is 5.91 Å². The van der Waals surface area contributed by atoms with Crippen LogP contribution in [0.1, 0.15) is 38.4 Å². The van der Waals surface area contributed by atoms with E-state index in [9.17, 15) is 4.79 Å². The molecule has 1 N–H and O–H groups in total. The standard InChI is InChI=1S/C27H26ClN3O2/c1-18-9-4-5-11-23(18)16-31-20(3)26(19(2)30-31)29-27(32)22-12-8-10-21(15-22)17-33-25-14-7-6-13-24(25)28/h4-15H,16-17H2,1-3H3,(H,29,32). The number of nitrogens with one attached hydrogen (secondary N) is 1. The SMILES string of the molecule is Cc1ccccc1Cn1nc(C)c(NC(=O)c2cccc(COc3ccccc3Cl)c2)c1C. The fourth-order valence-electron chi connectivity index (χ4n) is 3.69. The Hall–Kier alpha value is -3.57. The molecule has 33 heavy (non-hydrogen) atoms. The van der Waals surface area contributed by atoms with E-state index in [1.165, 1.54) is 11.1 Å². The Bertz CT molecular complexity index is 1300. The minimum Gasteiger partial charge on any atom is -0.487 e. The fourth-order valence-corrected chi connectivity index (χ4v) is 3.88. The number of benzene rings is 3. The summed E-state index contributed by atoms with van der Waals surface area (Å²) in [4.78, 5) is 13.0. The van der Waals surface area contributed by atoms with Crippen molar-refractivity contribution in [2.24, 2.45) is 0 Å². The molecule has 4 aromatic rings. The van der Waals surface area contributed by atoms with Gasteiger partial charge >= 0.3 is 0 Å². The lowest BCUT2D eigenvalue weighted by molar-refractivity contribution is 0.102. The average molecular weight is 460 g/mol. The third-order valence-electron chi connectivity index (χ3n) is 5.62. The van der Waals surface area contributed by atoms with Gasteiger partial charge in [0.05, 0.1) is 28.6 Å². The van der Waals surface area contributed by atoms with Crippen molar-refractivity contribution in [2.75, 3.05) is 5.32 Å². The summed E-state index contributed by atoms with van der Waals surface area (Å²) in [5, 5.41) is 8.25. The summed E-state index contributed by atoms with van der Waals surface area (Å²) in [6.45, 7) is 6.94. The molecule has 3 aromatic carbocycles. The predicted octanol–water partition coefficient (Wildman–Crippen LogP) is 6.34. The van der Waals surface area contributed by atoms with Crippen LogP contribution in [0.25, 0.3) is 0 Å². The highest BCUT2D eigenvalue weighted by atomic mass is 35.5. The molecule has 4 rings (SSSR count). The Balaban J connectivity index is 1.47. The van der Waals surface area contributed by atoms with Crippen LogP contribution in [0.5, 0.6) is 5.75 Å². The van der Waals surface area contributed by atoms with E-state index in [2.05, 4.69) is 29.5 Å². The largest absolute Gasteiger partial charge is 0.487 e. The molecule has 0 unspecified atom stereocenters. The second-order valence-electron chi connectivity index (χ2n) is 8.00. The van der Waals surface area contributed by atoms with E-state index in [0.29, 0.717) is 29.5 Å². The van der Waals surface area contributed by atoms with Gasteiger partial charge in [0.15, 0.2) is 0 Å². The molecule has 0 fully saturated rings. The summed E-state index contributed by atoms with van der Waals surface area (Å²) in [5.74, 6) is 0.428. The summed E-state index contributed by atoms with van der Waals surface area (Å²) < 4.78 is 7.74. The van der Waals surface area contributed by atoms with Crippen LogP contribution in [-0.2, 0) is 13.2 Å². The Morgan fingerprint density at radius 1 is 1.00 bits per heavy atom. The molecule has 0 bridgehead atoms. The molecule has 1 amide bonds. The molecule has 0 radical (unpaired) electrons. The van der Waals surface area contributed by atoms with Crippen LogP contribution in [0, 0.1) is 20.8 Å². The van der Waals surface area contributed by atoms with Crippen LogP contribution in [0.15, 0.2) is 72.8 Å². The summed E-state index contributed by atoms with van der Waals surface area (Å²) in [5.41, 5.74) is 6.30. The molecule has 0 spiro atoms. The van der Waals surface area contributed by atoms with E-state index in [1.807, 2.05) is 67.1 Å². The van der Waals surface area contributed by atoms with Gasteiger partial charge in [0, 0.05) is 5.56 Å². The molecule has 0 aliphatic carbocycles. The molecular formula is C27H26ClN3O2. The number of aryl methyl sites for hydroxylation is 2. The van der Waals surface area contributed by atoms with Crippen LogP contribution < -0.4 is 10.1 Å². The lowest BCUT2D eigenvalue weighted by Crippen LogP contribution is -2.14. The number of rotatable bonds is 7. The maximum atomic E-state index is 13.0. The highest BCUT2D eigenvalue weighted by molar-refractivity contribution is 6.32. The number of amides is 1. The maximum Gasteiger partial charge on any atom is 0.255 e. The highest BCUT2D eigenvalue weighted by Gasteiger charge is 2.16. The van der Waals surface area contributed by atoms with Gasteiger partial charge in [-0.2, -0.15) is 5.10 Å². The van der Waals surface area contributed by atoms with E-state index in [1.54, 1.807) is 12.1 Å². The third-order valence-corrected chi connectivity index (χ3v) is 5.93. The van der Waals surface area contributed by atoms with Gasteiger partial charge in [-0.15, -0.1) is 0 Å². The molecule has 0 aliphatic heterocycles. The monoisotopic (exact) mass is 459 g/mol. The first kappa shape index (κ1) is 22.6. The molecule has 0 saturated carbocycles. The number of ether oxygens (including phenoxy) is 1. The lowest BCUT2D eigenvalue weighted by Gasteiger charge is -2.10. The molecule has 0 atom stereocenters. The van der Waals surface area contributed by atoms with Crippen LogP contribution in [-0.4, -0.2) is 15.7 Å². The van der Waals surface area contributed by atoms with Crippen LogP contribution in [0.4, 0.5) is 5.69 Å². The van der Waals surface area contributed by atoms with Crippen molar-refractivity contribution in [2.45, 2.75) is 33.9 Å². The van der Waals surface area contributed by atoms with Crippen molar-refractivity contribution in [3.05, 3.63) is 111 Å². The number of hydrogen-bond acceptors (Lipinski definition) is 3. The van der Waals surface area contributed by atoms with Gasteiger partial charge in [-0.05, 0) is 61.7 Å². The zero-order chi connectivity index (χ0) is 23.4. The fraction of sp³-hybridized carbons (Fsp3) is 0.185. The topological polar surface area (TPSA) is 56.2 Å². The van der Waals surface area contributed by atoms with E-state index in [4.69, 9.17) is 16.3 Å². The molecule has 5 nitrogen and oxygen atoms in total. The predicted molar refractivity (Wildman–Crippen MR) is 132 cm³/mol. The van der Waals surface area contributed by atoms with Crippen molar-refractivity contribution in [3.8, 4) is 5.75 Å². The number of aromatic nitrogens is 2. The average Bonchev–Trinajstić information content (AvgIpc) is 3.07. The molecule has 1 aromatic heterocycles. The Morgan fingerprint density at radius 2 is 1.76 bits per heavy atom. The van der Waals surface area contributed by atoms with Crippen molar-refractivity contribution >= 4 is 23.2 Å². The van der Waals surface area contributed by atoms with Crippen molar-refractivity contribution in [1.29, 1.82) is 0 Å². The molecule has 6 heteroatoms. The van der Waals surface area contributed by atoms with Gasteiger partial charge in [-0.25, -0.2) is 0 Å². The van der Waals surface area contributed by atoms with E-state index in [0.717, 1.165) is 22.6 Å². The Morgan fingerprint density at radius 3 is 2.55 bits per heavy atom. The number of para-hydroxylation sites is 1. The number of hydrogen-bond donors (Lipinski definition) is 1. The van der Waals surface area contributed by atoms with E-state index >= 15 is 0 Å². The van der Waals surface area contributed by atoms with Gasteiger partial charge in [-0.3, -0.25) is 9.48 Å². The number of carbonyl (C=O) groups excluding carboxylic acids is 1. The van der Waals surface area contributed by atoms with Gasteiger partial charge in [0.2, 0.25) is 0 Å². The van der Waals surface area contributed by atoms with Crippen LogP contribution >= 0.6 is 11.6 Å². The second-order valence-corrected chi connectivity index (χ2v) is 8.41. The van der Waals surface area contributed by atoms with E-state index < -0.39 is 0 Å². The van der Waals surface area contributed by atoms with Crippen molar-refractivity contribution < 1.29 is 9.53 Å². The normalized spacial score (nSPS) is 10.8. The van der Waals surface area contributed by atoms with Gasteiger partial charge < -0.3 is 10.1 Å². The minimum atomic E-state index is -0.184. The van der Waals surface area contributed by atoms with Gasteiger partial charge in [0.25, 0.3) is 5.91 Å². The lowest BCUT2D eigenvalue weighted by atomic mass is 10.1. The summed E-state index contributed by atoms with van der Waals surface area (Å²) in [6.07, 6.45) is 0. The second kappa shape index (κ2) is 9.92. The Labute approximate surface area is 199 Å². The zero-order valence-corrected chi connectivity index (χ0v) is 19.7. The minimum absolute atomic E-state index is 0.184. The molecular weight excluding hydrogens is 434 g/mol. The summed E-state index contributed by atoms with van der Waals surface area (Å²) in [7, 11) is 0. The third kappa shape index (κ3) is 5.26. The van der Waals surface area contributed by atoms with Gasteiger partial charge in [0.1, 0.15) is 12.4 Å². The number of anilines is 1. The Kier molecular flexibility index (Phi) is 6.80. The van der Waals surface area contributed by atoms with Crippen molar-refractivity contribution in [1.82, 2.24) is 9.78 Å². The van der Waals surface area contributed by atoms with Crippen LogP contribution in [0.2, 0.25) is 5.02 Å². The van der Waals surface area contributed by atoms with Crippen LogP contribution in [0.3, 0.4) is 0 Å². The number of halogens is 1. The maximum absolute atomic E-state index is 13.0. The number of carbonyl (C=O) groups is 1. The first-order valence-electron chi connectivity index (χ1n) is 10.8. The molecule has 168 valence electrons. The first-order valence-corrected chi connectivity index (χ1v) is 11.2. The molecule has 0 aliphatic rings. The smallest absolute Gasteiger partial charge is 0.255 e. The molecule has 0 saturated heterocycles. The summed E-state index contributed by atoms with van der Waals surface area (Å²) >= 11 is 6.16. The zero-order valence-electron chi connectivity index (χ0n) is 18.9. The quantitative estimate of drug-likeness (QED) is 0.350. The van der Waals surface area contributed by atoms with Gasteiger partial charge in [-0.1, -0.05) is 60.1 Å². The highest BCUT2D eigenvalue weighted by Crippen LogP contribution is 2.25. The van der Waals surface area contributed by atoms with Crippen molar-refractivity contribution in [3.63, 3.8) is 0 Å². The summed E-state index contributed by atoms with van der Waals surface area (Å²) in [6, 6.07) is 23.0.